The van der Waals surface area contributed by atoms with Crippen LogP contribution in [0.15, 0.2) is 54.9 Å². The molecule has 2 heterocycles. The lowest BCUT2D eigenvalue weighted by Gasteiger charge is -2.19. The third-order valence-corrected chi connectivity index (χ3v) is 8.14. The standard InChI is InChI=1S/C24H18F6N2O5S2/c1-13(15-5-3-4-6-16(15)23(25,26)27)37-19-10-20(38-21(19)22(33)36-2)32-12-31-17-8-7-14(9-18(17)32)11-39(34,35)24(28,29)30/h3-10,12-13H,11H2,1-2H3/t13-/m1/s1. The first-order valence-corrected chi connectivity index (χ1v) is 13.4. The molecule has 4 rings (SSSR count). The van der Waals surface area contributed by atoms with Crippen LogP contribution < -0.4 is 4.74 Å². The molecule has 208 valence electrons. The first-order valence-electron chi connectivity index (χ1n) is 10.9. The number of hydrogen-bond donors (Lipinski definition) is 0. The minimum absolute atomic E-state index is 0.0820. The Morgan fingerprint density at radius 3 is 2.41 bits per heavy atom. The van der Waals surface area contributed by atoms with Crippen molar-refractivity contribution in [1.29, 1.82) is 0 Å². The number of sulfone groups is 1. The van der Waals surface area contributed by atoms with Crippen LogP contribution in [0, 0.1) is 0 Å². The number of hydrogen-bond acceptors (Lipinski definition) is 7. The number of rotatable bonds is 7. The zero-order valence-electron chi connectivity index (χ0n) is 20.0. The van der Waals surface area contributed by atoms with Crippen molar-refractivity contribution in [2.75, 3.05) is 7.11 Å². The molecular weight excluding hydrogens is 574 g/mol. The number of fused-ring (bicyclic) bond motifs is 1. The largest absolute Gasteiger partial charge is 0.497 e. The van der Waals surface area contributed by atoms with E-state index >= 15 is 0 Å². The molecule has 0 spiro atoms. The summed E-state index contributed by atoms with van der Waals surface area (Å²) in [6.07, 6.45) is -4.50. The van der Waals surface area contributed by atoms with Crippen molar-refractivity contribution in [3.8, 4) is 10.8 Å². The normalized spacial score (nSPS) is 13.4. The third-order valence-electron chi connectivity index (χ3n) is 5.62. The maximum absolute atomic E-state index is 13.5. The molecule has 0 N–H and O–H groups in total. The molecule has 0 radical (unpaired) electrons. The molecule has 2 aromatic carbocycles. The lowest BCUT2D eigenvalue weighted by atomic mass is 10.0. The van der Waals surface area contributed by atoms with Gasteiger partial charge < -0.3 is 9.47 Å². The zero-order chi connectivity index (χ0) is 28.8. The Morgan fingerprint density at radius 1 is 1.08 bits per heavy atom. The van der Waals surface area contributed by atoms with E-state index in [2.05, 4.69) is 4.98 Å². The number of aromatic nitrogens is 2. The number of alkyl halides is 6. The number of ether oxygens (including phenoxy) is 2. The van der Waals surface area contributed by atoms with Crippen LogP contribution in [0.4, 0.5) is 26.3 Å². The number of imidazole rings is 1. The Hall–Kier alpha value is -3.59. The van der Waals surface area contributed by atoms with E-state index in [1.54, 1.807) is 0 Å². The van der Waals surface area contributed by atoms with Crippen molar-refractivity contribution in [3.05, 3.63) is 76.4 Å². The van der Waals surface area contributed by atoms with E-state index in [1.807, 2.05) is 0 Å². The lowest BCUT2D eigenvalue weighted by molar-refractivity contribution is -0.139. The summed E-state index contributed by atoms with van der Waals surface area (Å²) >= 11 is 0.838. The van der Waals surface area contributed by atoms with Gasteiger partial charge in [-0.05, 0) is 30.7 Å². The summed E-state index contributed by atoms with van der Waals surface area (Å²) in [5.74, 6) is -2.22. The zero-order valence-corrected chi connectivity index (χ0v) is 21.6. The molecule has 4 aromatic rings. The summed E-state index contributed by atoms with van der Waals surface area (Å²) in [5, 5.41) is 0.264. The van der Waals surface area contributed by atoms with Crippen LogP contribution in [0.1, 0.15) is 39.4 Å². The summed E-state index contributed by atoms with van der Waals surface area (Å²) in [6, 6.07) is 9.91. The molecule has 0 aliphatic carbocycles. The van der Waals surface area contributed by atoms with E-state index in [9.17, 15) is 39.6 Å². The molecule has 0 fully saturated rings. The van der Waals surface area contributed by atoms with Gasteiger partial charge in [0.1, 0.15) is 23.2 Å². The third kappa shape index (κ3) is 5.73. The molecule has 2 aromatic heterocycles. The molecular formula is C24H18F6N2O5S2. The van der Waals surface area contributed by atoms with E-state index in [4.69, 9.17) is 9.47 Å². The molecule has 0 aliphatic heterocycles. The fraction of sp³-hybridized carbons (Fsp3) is 0.250. The van der Waals surface area contributed by atoms with Crippen LogP contribution >= 0.6 is 11.3 Å². The van der Waals surface area contributed by atoms with Gasteiger partial charge in [0.2, 0.25) is 0 Å². The second kappa shape index (κ2) is 10.2. The minimum atomic E-state index is -5.44. The molecule has 0 saturated carbocycles. The topological polar surface area (TPSA) is 87.5 Å². The highest BCUT2D eigenvalue weighted by Gasteiger charge is 2.45. The Kier molecular flexibility index (Phi) is 7.42. The van der Waals surface area contributed by atoms with Crippen molar-refractivity contribution < 1.29 is 49.0 Å². The SMILES string of the molecule is COC(=O)c1sc(-n2cnc3ccc(CS(=O)(=O)C(F)(F)F)cc32)cc1O[C@H](C)c1ccccc1C(F)(F)F. The number of methoxy groups -OCH3 is 1. The van der Waals surface area contributed by atoms with E-state index in [-0.39, 0.29) is 32.3 Å². The average Bonchev–Trinajstić information content (AvgIpc) is 3.45. The quantitative estimate of drug-likeness (QED) is 0.181. The highest BCUT2D eigenvalue weighted by molar-refractivity contribution is 7.91. The number of carbonyl (C=O) groups is 1. The predicted molar refractivity (Wildman–Crippen MR) is 129 cm³/mol. The lowest BCUT2D eigenvalue weighted by Crippen LogP contribution is -2.24. The van der Waals surface area contributed by atoms with E-state index in [0.29, 0.717) is 5.52 Å². The first-order chi connectivity index (χ1) is 18.1. The van der Waals surface area contributed by atoms with Gasteiger partial charge in [-0.25, -0.2) is 18.2 Å². The van der Waals surface area contributed by atoms with Crippen molar-refractivity contribution >= 4 is 38.2 Å². The Labute approximate surface area is 221 Å². The van der Waals surface area contributed by atoms with E-state index in [1.165, 1.54) is 60.3 Å². The fourth-order valence-corrected chi connectivity index (χ4v) is 5.56. The van der Waals surface area contributed by atoms with Crippen LogP contribution in [0.25, 0.3) is 16.0 Å². The predicted octanol–water partition coefficient (Wildman–Crippen LogP) is 6.47. The first kappa shape index (κ1) is 28.4. The van der Waals surface area contributed by atoms with Crippen molar-refractivity contribution in [1.82, 2.24) is 9.55 Å². The molecule has 15 heteroatoms. The van der Waals surface area contributed by atoms with Gasteiger partial charge in [-0.15, -0.1) is 11.3 Å². The summed E-state index contributed by atoms with van der Waals surface area (Å²) in [4.78, 5) is 16.5. The number of carbonyl (C=O) groups excluding carboxylic acids is 1. The second-order valence-electron chi connectivity index (χ2n) is 8.26. The van der Waals surface area contributed by atoms with Gasteiger partial charge in [-0.3, -0.25) is 4.57 Å². The summed E-state index contributed by atoms with van der Waals surface area (Å²) in [6.45, 7) is 1.38. The Balaban J connectivity index is 1.74. The summed E-state index contributed by atoms with van der Waals surface area (Å²) in [5.41, 5.74) is -6.12. The molecule has 0 bridgehead atoms. The molecule has 0 unspecified atom stereocenters. The smallest absolute Gasteiger partial charge is 0.484 e. The van der Waals surface area contributed by atoms with Gasteiger partial charge in [-0.2, -0.15) is 26.3 Å². The monoisotopic (exact) mass is 592 g/mol. The number of nitrogens with zero attached hydrogens (tertiary/aromatic N) is 2. The van der Waals surface area contributed by atoms with Crippen LogP contribution in [-0.4, -0.2) is 36.6 Å². The van der Waals surface area contributed by atoms with Crippen LogP contribution in [0.3, 0.4) is 0 Å². The van der Waals surface area contributed by atoms with Crippen LogP contribution in [0.5, 0.6) is 5.75 Å². The Morgan fingerprint density at radius 2 is 1.77 bits per heavy atom. The highest BCUT2D eigenvalue weighted by atomic mass is 32.2. The fourth-order valence-electron chi connectivity index (χ4n) is 3.79. The van der Waals surface area contributed by atoms with Gasteiger partial charge in [0, 0.05) is 11.6 Å². The molecule has 0 amide bonds. The maximum Gasteiger partial charge on any atom is 0.497 e. The number of benzene rings is 2. The second-order valence-corrected chi connectivity index (χ2v) is 11.3. The van der Waals surface area contributed by atoms with Crippen molar-refractivity contribution in [3.63, 3.8) is 0 Å². The number of thiophene rings is 1. The molecule has 39 heavy (non-hydrogen) atoms. The Bertz CT molecular complexity index is 1640. The molecule has 0 saturated heterocycles. The average molecular weight is 593 g/mol. The van der Waals surface area contributed by atoms with Gasteiger partial charge in [-0.1, -0.05) is 24.3 Å². The van der Waals surface area contributed by atoms with E-state index < -0.39 is 44.9 Å². The van der Waals surface area contributed by atoms with Crippen molar-refractivity contribution in [2.45, 2.75) is 30.5 Å². The van der Waals surface area contributed by atoms with Gasteiger partial charge in [0.05, 0.1) is 29.5 Å². The van der Waals surface area contributed by atoms with E-state index in [0.717, 1.165) is 24.5 Å². The van der Waals surface area contributed by atoms with Crippen LogP contribution in [0.2, 0.25) is 0 Å². The van der Waals surface area contributed by atoms with Crippen LogP contribution in [-0.2, 0) is 26.5 Å². The summed E-state index contributed by atoms with van der Waals surface area (Å²) < 4.78 is 114. The highest BCUT2D eigenvalue weighted by Crippen LogP contribution is 2.40. The minimum Gasteiger partial charge on any atom is -0.484 e. The van der Waals surface area contributed by atoms with Gasteiger partial charge >= 0.3 is 17.7 Å². The van der Waals surface area contributed by atoms with Crippen molar-refractivity contribution in [2.24, 2.45) is 0 Å². The molecule has 7 nitrogen and oxygen atoms in total. The van der Waals surface area contributed by atoms with Gasteiger partial charge in [0.25, 0.3) is 9.84 Å². The summed E-state index contributed by atoms with van der Waals surface area (Å²) in [7, 11) is -4.33. The number of halogens is 6. The number of esters is 1. The molecule has 0 aliphatic rings. The van der Waals surface area contributed by atoms with Gasteiger partial charge in [0.15, 0.2) is 4.88 Å². The maximum atomic E-state index is 13.5. The molecule has 1 atom stereocenters.